The highest BCUT2D eigenvalue weighted by molar-refractivity contribution is 8.26. The molecule has 0 aromatic heterocycles. The fourth-order valence-corrected chi connectivity index (χ4v) is 4.68. The SMILES string of the molecule is N=C1/C(=C\c2ccc(OCc3ccccc3)c(Cl)c2)C(=O)N=C2SC(N3CCOCC3)=NN12. The summed E-state index contributed by atoms with van der Waals surface area (Å²) in [5.74, 6) is 0.0581. The molecule has 0 saturated carbocycles. The van der Waals surface area contributed by atoms with E-state index in [4.69, 9.17) is 26.5 Å². The van der Waals surface area contributed by atoms with Gasteiger partial charge in [0.2, 0.25) is 5.17 Å². The van der Waals surface area contributed by atoms with Crippen LogP contribution < -0.4 is 4.74 Å². The predicted octanol–water partition coefficient (Wildman–Crippen LogP) is 3.83. The molecule has 0 atom stereocenters. The molecule has 0 radical (unpaired) electrons. The molecule has 168 valence electrons. The summed E-state index contributed by atoms with van der Waals surface area (Å²) in [6.45, 7) is 3.08. The summed E-state index contributed by atoms with van der Waals surface area (Å²) in [7, 11) is 0. The van der Waals surface area contributed by atoms with Crippen LogP contribution in [0.25, 0.3) is 6.08 Å². The molecule has 1 fully saturated rings. The standard InChI is InChI=1S/C23H20ClN5O3S/c24-18-13-16(6-7-19(18)32-14-15-4-2-1-3-5-15)12-17-20(25)29-22(26-21(17)30)33-23(27-29)28-8-10-31-11-9-28/h1-7,12-13,25H,8-11,14H2/b17-12+,25-20?. The highest BCUT2D eigenvalue weighted by atomic mass is 35.5. The smallest absolute Gasteiger partial charge is 0.283 e. The van der Waals surface area contributed by atoms with E-state index in [0.29, 0.717) is 54.4 Å². The maximum Gasteiger partial charge on any atom is 0.283 e. The third kappa shape index (κ3) is 4.66. The number of thioether (sulfide) groups is 1. The molecular formula is C23H20ClN5O3S. The molecule has 3 heterocycles. The van der Waals surface area contributed by atoms with Gasteiger partial charge in [0.05, 0.1) is 23.8 Å². The van der Waals surface area contributed by atoms with Crippen molar-refractivity contribution in [3.05, 3.63) is 70.3 Å². The molecule has 10 heteroatoms. The van der Waals surface area contributed by atoms with Crippen LogP contribution in [0.3, 0.4) is 0 Å². The lowest BCUT2D eigenvalue weighted by Crippen LogP contribution is -2.39. The minimum Gasteiger partial charge on any atom is -0.487 e. The fourth-order valence-electron chi connectivity index (χ4n) is 3.49. The summed E-state index contributed by atoms with van der Waals surface area (Å²) in [6.07, 6.45) is 1.60. The van der Waals surface area contributed by atoms with E-state index < -0.39 is 5.91 Å². The first-order chi connectivity index (χ1) is 16.1. The maximum atomic E-state index is 12.7. The number of halogens is 1. The zero-order valence-corrected chi connectivity index (χ0v) is 19.1. The molecule has 1 amide bonds. The van der Waals surface area contributed by atoms with Crippen molar-refractivity contribution in [2.75, 3.05) is 26.3 Å². The lowest BCUT2D eigenvalue weighted by atomic mass is 10.1. The zero-order valence-electron chi connectivity index (χ0n) is 17.5. The fraction of sp³-hybridized carbons (Fsp3) is 0.217. The van der Waals surface area contributed by atoms with Crippen molar-refractivity contribution in [1.29, 1.82) is 5.41 Å². The lowest BCUT2D eigenvalue weighted by Gasteiger charge is -2.26. The highest BCUT2D eigenvalue weighted by Crippen LogP contribution is 2.31. The molecular weight excluding hydrogens is 462 g/mol. The number of ether oxygens (including phenoxy) is 2. The van der Waals surface area contributed by atoms with Crippen molar-refractivity contribution < 1.29 is 14.3 Å². The maximum absolute atomic E-state index is 12.7. The summed E-state index contributed by atoms with van der Waals surface area (Å²) in [5.41, 5.74) is 1.86. The number of benzene rings is 2. The summed E-state index contributed by atoms with van der Waals surface area (Å²) in [6, 6.07) is 15.1. The summed E-state index contributed by atoms with van der Waals surface area (Å²) in [4.78, 5) is 18.9. The first kappa shape index (κ1) is 21.7. The van der Waals surface area contributed by atoms with Crippen LogP contribution in [0.4, 0.5) is 0 Å². The Labute approximate surface area is 200 Å². The summed E-state index contributed by atoms with van der Waals surface area (Å²) < 4.78 is 11.2. The van der Waals surface area contributed by atoms with Gasteiger partial charge in [-0.1, -0.05) is 48.0 Å². The van der Waals surface area contributed by atoms with E-state index in [9.17, 15) is 4.79 Å². The zero-order chi connectivity index (χ0) is 22.8. The monoisotopic (exact) mass is 481 g/mol. The highest BCUT2D eigenvalue weighted by Gasteiger charge is 2.37. The van der Waals surface area contributed by atoms with Crippen LogP contribution in [-0.2, 0) is 16.1 Å². The molecule has 1 saturated heterocycles. The number of amides is 1. The number of rotatable bonds is 4. The number of fused-ring (bicyclic) bond motifs is 1. The van der Waals surface area contributed by atoms with Crippen molar-refractivity contribution in [2.45, 2.75) is 6.61 Å². The molecule has 0 unspecified atom stereocenters. The Bertz CT molecular complexity index is 1190. The second-order valence-electron chi connectivity index (χ2n) is 7.47. The Kier molecular flexibility index (Phi) is 6.17. The Balaban J connectivity index is 1.33. The number of nitrogens with zero attached hydrogens (tertiary/aromatic N) is 4. The molecule has 8 nitrogen and oxygen atoms in total. The number of hydrogen-bond acceptors (Lipinski definition) is 7. The van der Waals surface area contributed by atoms with E-state index in [-0.39, 0.29) is 11.4 Å². The van der Waals surface area contributed by atoms with Crippen molar-refractivity contribution in [2.24, 2.45) is 10.1 Å². The van der Waals surface area contributed by atoms with Crippen molar-refractivity contribution >= 4 is 51.5 Å². The quantitative estimate of drug-likeness (QED) is 0.667. The van der Waals surface area contributed by atoms with Crippen LogP contribution in [0.15, 0.2) is 64.2 Å². The molecule has 0 bridgehead atoms. The first-order valence-corrected chi connectivity index (χ1v) is 11.6. The van der Waals surface area contributed by atoms with Crippen LogP contribution in [0.1, 0.15) is 11.1 Å². The second-order valence-corrected chi connectivity index (χ2v) is 8.81. The average Bonchev–Trinajstić information content (AvgIpc) is 3.27. The van der Waals surface area contributed by atoms with Gasteiger partial charge < -0.3 is 14.4 Å². The van der Waals surface area contributed by atoms with Crippen LogP contribution in [0, 0.1) is 5.41 Å². The number of hydrazone groups is 1. The molecule has 33 heavy (non-hydrogen) atoms. The van der Waals surface area contributed by atoms with Gasteiger partial charge in [-0.3, -0.25) is 10.2 Å². The molecule has 0 spiro atoms. The largest absolute Gasteiger partial charge is 0.487 e. The van der Waals surface area contributed by atoms with Gasteiger partial charge in [0.15, 0.2) is 11.0 Å². The Morgan fingerprint density at radius 2 is 1.94 bits per heavy atom. The number of nitrogens with one attached hydrogen (secondary N) is 1. The van der Waals surface area contributed by atoms with Gasteiger partial charge in [0.25, 0.3) is 5.91 Å². The van der Waals surface area contributed by atoms with E-state index in [1.807, 2.05) is 30.3 Å². The Morgan fingerprint density at radius 1 is 1.15 bits per heavy atom. The van der Waals surface area contributed by atoms with Gasteiger partial charge >= 0.3 is 0 Å². The number of carbonyl (C=O) groups excluding carboxylic acids is 1. The second kappa shape index (κ2) is 9.38. The minimum absolute atomic E-state index is 0.0127. The number of morpholine rings is 1. The van der Waals surface area contributed by atoms with Gasteiger partial charge in [-0.2, -0.15) is 10.0 Å². The van der Waals surface area contributed by atoms with Gasteiger partial charge in [-0.15, -0.1) is 5.10 Å². The lowest BCUT2D eigenvalue weighted by molar-refractivity contribution is -0.114. The van der Waals surface area contributed by atoms with Gasteiger partial charge in [0.1, 0.15) is 12.4 Å². The van der Waals surface area contributed by atoms with Crippen LogP contribution in [0.5, 0.6) is 5.75 Å². The first-order valence-electron chi connectivity index (χ1n) is 10.4. The molecule has 1 N–H and O–H groups in total. The van der Waals surface area contributed by atoms with Crippen LogP contribution in [0.2, 0.25) is 5.02 Å². The number of hydrogen-bond donors (Lipinski definition) is 1. The molecule has 2 aromatic carbocycles. The van der Waals surface area contributed by atoms with Crippen molar-refractivity contribution in [3.8, 4) is 5.75 Å². The third-order valence-electron chi connectivity index (χ3n) is 5.23. The summed E-state index contributed by atoms with van der Waals surface area (Å²) >= 11 is 7.70. The minimum atomic E-state index is -0.474. The normalized spacial score (nSPS) is 19.5. The predicted molar refractivity (Wildman–Crippen MR) is 130 cm³/mol. The van der Waals surface area contributed by atoms with Gasteiger partial charge in [-0.05, 0) is 41.1 Å². The van der Waals surface area contributed by atoms with E-state index in [1.165, 1.54) is 16.8 Å². The topological polar surface area (TPSA) is 90.6 Å². The van der Waals surface area contributed by atoms with Gasteiger partial charge in [0, 0.05) is 13.1 Å². The average molecular weight is 482 g/mol. The molecule has 3 aliphatic heterocycles. The summed E-state index contributed by atoms with van der Waals surface area (Å²) in [5, 5.41) is 16.0. The van der Waals surface area contributed by atoms with E-state index in [2.05, 4.69) is 15.0 Å². The van der Waals surface area contributed by atoms with Crippen LogP contribution >= 0.6 is 23.4 Å². The third-order valence-corrected chi connectivity index (χ3v) is 6.49. The van der Waals surface area contributed by atoms with E-state index in [1.54, 1.807) is 24.3 Å². The number of amidine groups is 3. The number of carbonyl (C=O) groups is 1. The molecule has 5 rings (SSSR count). The molecule has 2 aromatic rings. The van der Waals surface area contributed by atoms with Gasteiger partial charge in [-0.25, -0.2) is 0 Å². The molecule has 0 aliphatic carbocycles. The van der Waals surface area contributed by atoms with E-state index >= 15 is 0 Å². The Hall–Kier alpha value is -3.14. The van der Waals surface area contributed by atoms with Crippen molar-refractivity contribution in [3.63, 3.8) is 0 Å². The number of aliphatic imine (C=N–C) groups is 1. The van der Waals surface area contributed by atoms with E-state index in [0.717, 1.165) is 10.7 Å². The van der Waals surface area contributed by atoms with Crippen LogP contribution in [-0.4, -0.2) is 58.3 Å². The van der Waals surface area contributed by atoms with Crippen molar-refractivity contribution in [1.82, 2.24) is 9.91 Å². The Morgan fingerprint density at radius 3 is 2.70 bits per heavy atom. The molecule has 3 aliphatic rings.